The van der Waals surface area contributed by atoms with Crippen molar-refractivity contribution >= 4 is 11.9 Å². The van der Waals surface area contributed by atoms with E-state index in [1.54, 1.807) is 6.08 Å². The first-order valence-corrected chi connectivity index (χ1v) is 35.8. The molecule has 83 heavy (non-hydrogen) atoms. The van der Waals surface area contributed by atoms with Gasteiger partial charge < -0.3 is 45.1 Å². The van der Waals surface area contributed by atoms with Crippen molar-refractivity contribution in [1.29, 1.82) is 0 Å². The average molecular weight is 1170 g/mol. The van der Waals surface area contributed by atoms with Crippen molar-refractivity contribution in [2.24, 2.45) is 0 Å². The number of allylic oxidation sites excluding steroid dienone is 5. The van der Waals surface area contributed by atoms with E-state index in [0.717, 1.165) is 64.2 Å². The summed E-state index contributed by atoms with van der Waals surface area (Å²) in [6, 6.07) is -0.806. The normalized spacial score (nSPS) is 18.3. The third-order valence-corrected chi connectivity index (χ3v) is 17.0. The Labute approximate surface area is 511 Å². The van der Waals surface area contributed by atoms with Gasteiger partial charge in [-0.15, -0.1) is 0 Å². The van der Waals surface area contributed by atoms with Crippen LogP contribution < -0.4 is 5.32 Å². The van der Waals surface area contributed by atoms with Crippen LogP contribution in [-0.4, -0.2) is 100 Å². The smallest absolute Gasteiger partial charge is 0.305 e. The van der Waals surface area contributed by atoms with Crippen molar-refractivity contribution in [3.05, 3.63) is 36.5 Å². The predicted octanol–water partition coefficient (Wildman–Crippen LogP) is 18.2. The van der Waals surface area contributed by atoms with Gasteiger partial charge in [-0.2, -0.15) is 0 Å². The second-order valence-corrected chi connectivity index (χ2v) is 24.9. The van der Waals surface area contributed by atoms with Gasteiger partial charge >= 0.3 is 5.97 Å². The van der Waals surface area contributed by atoms with E-state index in [0.29, 0.717) is 19.4 Å². The number of amides is 1. The summed E-state index contributed by atoms with van der Waals surface area (Å²) in [5, 5.41) is 54.3. The molecule has 1 heterocycles. The van der Waals surface area contributed by atoms with Gasteiger partial charge in [0, 0.05) is 12.8 Å². The Morgan fingerprint density at radius 3 is 1.23 bits per heavy atom. The molecule has 0 spiro atoms. The van der Waals surface area contributed by atoms with Gasteiger partial charge in [-0.1, -0.05) is 307 Å². The molecule has 0 radical (unpaired) electrons. The van der Waals surface area contributed by atoms with Crippen LogP contribution in [0.5, 0.6) is 0 Å². The topological polar surface area (TPSA) is 175 Å². The fourth-order valence-corrected chi connectivity index (χ4v) is 11.4. The third kappa shape index (κ3) is 50.6. The summed E-state index contributed by atoms with van der Waals surface area (Å²) in [7, 11) is 0. The summed E-state index contributed by atoms with van der Waals surface area (Å²) in [6.07, 6.45) is 68.7. The average Bonchev–Trinajstić information content (AvgIpc) is 3.57. The van der Waals surface area contributed by atoms with Gasteiger partial charge in [-0.25, -0.2) is 0 Å². The summed E-state index contributed by atoms with van der Waals surface area (Å²) in [5.41, 5.74) is 0. The minimum Gasteiger partial charge on any atom is -0.466 e. The molecule has 0 aliphatic carbocycles. The number of hydrogen-bond donors (Lipinski definition) is 6. The van der Waals surface area contributed by atoms with Crippen LogP contribution in [0.3, 0.4) is 0 Å². The Kier molecular flexibility index (Phi) is 58.5. The number of rotatable bonds is 63. The van der Waals surface area contributed by atoms with Crippen LogP contribution in [0.25, 0.3) is 0 Å². The maximum absolute atomic E-state index is 13.0. The van der Waals surface area contributed by atoms with Crippen molar-refractivity contribution in [2.75, 3.05) is 19.8 Å². The van der Waals surface area contributed by atoms with Crippen LogP contribution >= 0.6 is 0 Å². The Morgan fingerprint density at radius 2 is 0.807 bits per heavy atom. The molecule has 1 aliphatic heterocycles. The number of hydrogen-bond acceptors (Lipinski definition) is 10. The highest BCUT2D eigenvalue weighted by Gasteiger charge is 2.44. The molecule has 0 aromatic heterocycles. The molecule has 0 aromatic rings. The molecule has 7 atom stereocenters. The standard InChI is InChI=1S/C72H135NO10/c1-3-5-7-9-11-13-14-15-16-17-31-34-37-40-44-48-52-56-60-68(77)81-61-57-53-49-45-41-38-35-32-29-27-25-23-21-19-18-20-22-24-26-28-30-33-36-39-43-47-51-55-59-67(76)73-64(65(75)58-54-50-46-42-12-10-8-6-4-2)63-82-72-71(80)70(79)69(78)66(62-74)83-72/h13-14,16-17,54,58,64-66,69-72,74-75,78-80H,3-12,15,18-53,55-57,59-63H2,1-2H3,(H,73,76)/b14-13-,17-16-,58-54+. The molecule has 0 aromatic carbocycles. The molecule has 1 aliphatic rings. The molecule has 1 rings (SSSR count). The van der Waals surface area contributed by atoms with Gasteiger partial charge in [-0.05, 0) is 64.2 Å². The molecule has 7 unspecified atom stereocenters. The lowest BCUT2D eigenvalue weighted by atomic mass is 9.99. The van der Waals surface area contributed by atoms with E-state index < -0.39 is 49.5 Å². The zero-order chi connectivity index (χ0) is 60.2. The number of carbonyl (C=O) groups is 2. The fraction of sp³-hybridized carbons (Fsp3) is 0.889. The Balaban J connectivity index is 1.89. The lowest BCUT2D eigenvalue weighted by Crippen LogP contribution is -2.60. The quantitative estimate of drug-likeness (QED) is 0.0195. The van der Waals surface area contributed by atoms with Gasteiger partial charge in [0.25, 0.3) is 0 Å². The number of aliphatic hydroxyl groups is 5. The maximum atomic E-state index is 13.0. The molecule has 1 saturated heterocycles. The summed E-state index contributed by atoms with van der Waals surface area (Å²) in [4.78, 5) is 25.1. The van der Waals surface area contributed by atoms with Crippen molar-refractivity contribution in [3.63, 3.8) is 0 Å². The number of nitrogens with one attached hydrogen (secondary N) is 1. The Bertz CT molecular complexity index is 1470. The number of carbonyl (C=O) groups excluding carboxylic acids is 2. The number of aliphatic hydroxyl groups excluding tert-OH is 5. The van der Waals surface area contributed by atoms with E-state index in [9.17, 15) is 35.1 Å². The minimum absolute atomic E-state index is 0.00262. The summed E-state index contributed by atoms with van der Waals surface area (Å²) in [5.74, 6) is -0.177. The highest BCUT2D eigenvalue weighted by Crippen LogP contribution is 2.23. The van der Waals surface area contributed by atoms with Crippen molar-refractivity contribution in [2.45, 2.75) is 391 Å². The molecule has 1 fully saturated rings. The zero-order valence-electron chi connectivity index (χ0n) is 54.2. The molecule has 11 nitrogen and oxygen atoms in total. The molecular weight excluding hydrogens is 1040 g/mol. The van der Waals surface area contributed by atoms with E-state index in [-0.39, 0.29) is 18.5 Å². The Hall–Kier alpha value is -2.12. The van der Waals surface area contributed by atoms with Gasteiger partial charge in [0.05, 0.1) is 32.0 Å². The molecule has 488 valence electrons. The molecule has 0 bridgehead atoms. The molecule has 11 heteroatoms. The molecule has 0 saturated carbocycles. The van der Waals surface area contributed by atoms with Crippen molar-refractivity contribution in [1.82, 2.24) is 5.32 Å². The number of esters is 1. The van der Waals surface area contributed by atoms with Crippen LogP contribution in [0.2, 0.25) is 0 Å². The maximum Gasteiger partial charge on any atom is 0.305 e. The van der Waals surface area contributed by atoms with E-state index >= 15 is 0 Å². The van der Waals surface area contributed by atoms with Gasteiger partial charge in [0.1, 0.15) is 24.4 Å². The summed E-state index contributed by atoms with van der Waals surface area (Å²) >= 11 is 0. The first-order chi connectivity index (χ1) is 40.7. The monoisotopic (exact) mass is 1170 g/mol. The number of unbranched alkanes of at least 4 members (excludes halogenated alkanes) is 45. The van der Waals surface area contributed by atoms with Crippen molar-refractivity contribution < 1.29 is 49.3 Å². The van der Waals surface area contributed by atoms with Crippen LogP contribution in [0.4, 0.5) is 0 Å². The van der Waals surface area contributed by atoms with Crippen LogP contribution in [0.1, 0.15) is 348 Å². The second-order valence-electron chi connectivity index (χ2n) is 24.9. The third-order valence-electron chi connectivity index (χ3n) is 17.0. The summed E-state index contributed by atoms with van der Waals surface area (Å²) < 4.78 is 16.7. The highest BCUT2D eigenvalue weighted by atomic mass is 16.7. The van der Waals surface area contributed by atoms with E-state index in [2.05, 4.69) is 43.5 Å². The fourth-order valence-electron chi connectivity index (χ4n) is 11.4. The summed E-state index contributed by atoms with van der Waals surface area (Å²) in [6.45, 7) is 4.33. The predicted molar refractivity (Wildman–Crippen MR) is 347 cm³/mol. The molecule has 1 amide bonds. The first-order valence-electron chi connectivity index (χ1n) is 35.8. The van der Waals surface area contributed by atoms with Gasteiger partial charge in [0.2, 0.25) is 5.91 Å². The number of ether oxygens (including phenoxy) is 3. The Morgan fingerprint density at radius 1 is 0.446 bits per heavy atom. The zero-order valence-corrected chi connectivity index (χ0v) is 54.2. The van der Waals surface area contributed by atoms with E-state index in [1.165, 1.54) is 257 Å². The lowest BCUT2D eigenvalue weighted by molar-refractivity contribution is -0.302. The largest absolute Gasteiger partial charge is 0.466 e. The minimum atomic E-state index is -1.57. The first kappa shape index (κ1) is 78.9. The lowest BCUT2D eigenvalue weighted by Gasteiger charge is -2.40. The van der Waals surface area contributed by atoms with Crippen molar-refractivity contribution in [3.8, 4) is 0 Å². The SMILES string of the molecule is CCCCCC/C=C\C/C=C\CCCCCCCCCC(=O)OCCCCCCCCCCCCCCCCCCCCCCCCCCCCCCC(=O)NC(COC1OC(CO)C(O)C(O)C1O)C(O)/C=C/CCCCCCCCC. The highest BCUT2D eigenvalue weighted by molar-refractivity contribution is 5.76. The van der Waals surface area contributed by atoms with E-state index in [4.69, 9.17) is 14.2 Å². The van der Waals surface area contributed by atoms with Gasteiger partial charge in [0.15, 0.2) is 6.29 Å². The van der Waals surface area contributed by atoms with Crippen LogP contribution in [0, 0.1) is 0 Å². The van der Waals surface area contributed by atoms with Crippen LogP contribution in [-0.2, 0) is 23.8 Å². The van der Waals surface area contributed by atoms with E-state index in [1.807, 2.05) is 6.08 Å². The second kappa shape index (κ2) is 61.5. The molecular formula is C72H135NO10. The van der Waals surface area contributed by atoms with Gasteiger partial charge in [-0.3, -0.25) is 9.59 Å². The molecule has 6 N–H and O–H groups in total. The van der Waals surface area contributed by atoms with Crippen LogP contribution in [0.15, 0.2) is 36.5 Å².